The summed E-state index contributed by atoms with van der Waals surface area (Å²) in [7, 11) is -1.74. The zero-order valence-corrected chi connectivity index (χ0v) is 11.4. The van der Waals surface area contributed by atoms with Crippen LogP contribution < -0.4 is 5.73 Å². The summed E-state index contributed by atoms with van der Waals surface area (Å²) in [5, 5.41) is 1.64. The van der Waals surface area contributed by atoms with E-state index < -0.39 is 10.0 Å². The normalized spacial score (nSPS) is 12.6. The van der Waals surface area contributed by atoms with E-state index in [4.69, 9.17) is 5.73 Å². The minimum atomic E-state index is -3.34. The van der Waals surface area contributed by atoms with E-state index in [1.165, 1.54) is 10.4 Å². The fourth-order valence-corrected chi connectivity index (χ4v) is 3.65. The van der Waals surface area contributed by atoms with Crippen LogP contribution >= 0.6 is 11.3 Å². The molecule has 0 atom stereocenters. The Morgan fingerprint density at radius 1 is 1.50 bits per heavy atom. The number of thiophene rings is 1. The quantitative estimate of drug-likeness (QED) is 0.882. The number of nitrogen functional groups attached to an aromatic ring is 1. The van der Waals surface area contributed by atoms with Gasteiger partial charge in [0.2, 0.25) is 0 Å². The Labute approximate surface area is 101 Å². The van der Waals surface area contributed by atoms with Crippen molar-refractivity contribution in [3.8, 4) is 0 Å². The molecule has 4 nitrogen and oxygen atoms in total. The Hall–Kier alpha value is -0.590. The van der Waals surface area contributed by atoms with Gasteiger partial charge < -0.3 is 5.73 Å². The number of hydrogen-bond acceptors (Lipinski definition) is 4. The van der Waals surface area contributed by atoms with Crippen LogP contribution in [0.5, 0.6) is 0 Å². The second-order valence-corrected chi connectivity index (χ2v) is 7.39. The van der Waals surface area contributed by atoms with Gasteiger partial charge in [0.25, 0.3) is 10.0 Å². The molecule has 0 amide bonds. The molecule has 0 aliphatic heterocycles. The number of sulfonamides is 1. The van der Waals surface area contributed by atoms with Crippen molar-refractivity contribution in [3.05, 3.63) is 11.4 Å². The van der Waals surface area contributed by atoms with E-state index in [9.17, 15) is 8.42 Å². The van der Waals surface area contributed by atoms with Crippen molar-refractivity contribution in [1.29, 1.82) is 0 Å². The molecule has 0 bridgehead atoms. The predicted molar refractivity (Wildman–Crippen MR) is 68.0 cm³/mol. The molecule has 2 N–H and O–H groups in total. The van der Waals surface area contributed by atoms with Gasteiger partial charge in [-0.3, -0.25) is 0 Å². The van der Waals surface area contributed by atoms with Crippen LogP contribution in [0.2, 0.25) is 0 Å². The van der Waals surface area contributed by atoms with Crippen LogP contribution in [0, 0.1) is 5.92 Å². The van der Waals surface area contributed by atoms with Crippen molar-refractivity contribution >= 4 is 27.0 Å². The third-order valence-electron chi connectivity index (χ3n) is 2.28. The highest BCUT2D eigenvalue weighted by Crippen LogP contribution is 2.24. The van der Waals surface area contributed by atoms with Gasteiger partial charge >= 0.3 is 0 Å². The molecule has 0 saturated heterocycles. The lowest BCUT2D eigenvalue weighted by Crippen LogP contribution is -2.28. The number of nitrogens with zero attached hydrogens (tertiary/aromatic N) is 1. The summed E-state index contributed by atoms with van der Waals surface area (Å²) in [6.07, 6.45) is 0.858. The van der Waals surface area contributed by atoms with E-state index in [-0.39, 0.29) is 0 Å². The maximum Gasteiger partial charge on any atom is 0.252 e. The molecule has 0 radical (unpaired) electrons. The zero-order valence-electron chi connectivity index (χ0n) is 9.80. The molecule has 1 heterocycles. The van der Waals surface area contributed by atoms with E-state index in [0.717, 1.165) is 17.8 Å². The van der Waals surface area contributed by atoms with Crippen molar-refractivity contribution in [2.45, 2.75) is 24.5 Å². The van der Waals surface area contributed by atoms with Crippen LogP contribution in [0.25, 0.3) is 0 Å². The number of rotatable bonds is 5. The highest BCUT2D eigenvalue weighted by Gasteiger charge is 2.22. The Balaban J connectivity index is 2.78. The van der Waals surface area contributed by atoms with Crippen molar-refractivity contribution in [2.75, 3.05) is 19.3 Å². The van der Waals surface area contributed by atoms with Crippen LogP contribution in [-0.4, -0.2) is 26.3 Å². The van der Waals surface area contributed by atoms with Crippen molar-refractivity contribution in [1.82, 2.24) is 4.31 Å². The molecule has 1 rings (SSSR count). The second-order valence-electron chi connectivity index (χ2n) is 4.21. The monoisotopic (exact) mass is 262 g/mol. The van der Waals surface area contributed by atoms with Gasteiger partial charge in [0.05, 0.1) is 0 Å². The summed E-state index contributed by atoms with van der Waals surface area (Å²) in [5.74, 6) is 0.492. The van der Waals surface area contributed by atoms with Crippen LogP contribution in [0.4, 0.5) is 5.69 Å². The van der Waals surface area contributed by atoms with Gasteiger partial charge in [-0.2, -0.15) is 0 Å². The maximum absolute atomic E-state index is 12.0. The molecule has 0 spiro atoms. The van der Waals surface area contributed by atoms with E-state index >= 15 is 0 Å². The van der Waals surface area contributed by atoms with E-state index in [0.29, 0.717) is 22.4 Å². The Morgan fingerprint density at radius 2 is 2.12 bits per heavy atom. The third kappa shape index (κ3) is 3.20. The lowest BCUT2D eigenvalue weighted by molar-refractivity contribution is 0.429. The van der Waals surface area contributed by atoms with Crippen molar-refractivity contribution in [3.63, 3.8) is 0 Å². The number of nitrogens with two attached hydrogens (primary N) is 1. The largest absolute Gasteiger partial charge is 0.398 e. The molecule has 1 aromatic heterocycles. The topological polar surface area (TPSA) is 63.4 Å². The first-order valence-electron chi connectivity index (χ1n) is 5.14. The summed E-state index contributed by atoms with van der Waals surface area (Å²) >= 11 is 1.16. The minimum Gasteiger partial charge on any atom is -0.398 e. The van der Waals surface area contributed by atoms with Crippen molar-refractivity contribution in [2.24, 2.45) is 5.92 Å². The van der Waals surface area contributed by atoms with Crippen LogP contribution in [-0.2, 0) is 10.0 Å². The van der Waals surface area contributed by atoms with E-state index in [2.05, 4.69) is 13.8 Å². The first-order chi connectivity index (χ1) is 7.34. The Bertz CT molecular complexity index is 437. The molecule has 1 aromatic rings. The molecule has 0 saturated carbocycles. The summed E-state index contributed by atoms with van der Waals surface area (Å²) in [6, 6.07) is 1.51. The van der Waals surface area contributed by atoms with Gasteiger partial charge in [-0.15, -0.1) is 11.3 Å². The summed E-state index contributed by atoms with van der Waals surface area (Å²) in [6.45, 7) is 4.69. The Morgan fingerprint density at radius 3 is 2.56 bits per heavy atom. The van der Waals surface area contributed by atoms with Gasteiger partial charge in [-0.1, -0.05) is 13.8 Å². The standard InChI is InChI=1S/C10H18N2O2S2/c1-8(2)4-5-12(3)16(13,14)10-6-9(11)7-15-10/h6-8H,4-5,11H2,1-3H3. The molecule has 16 heavy (non-hydrogen) atoms. The second kappa shape index (κ2) is 5.16. The molecule has 0 aliphatic rings. The third-order valence-corrected chi connectivity index (χ3v) is 5.57. The van der Waals surface area contributed by atoms with Gasteiger partial charge in [0.15, 0.2) is 0 Å². The van der Waals surface area contributed by atoms with Crippen molar-refractivity contribution < 1.29 is 8.42 Å². The first kappa shape index (κ1) is 13.5. The minimum absolute atomic E-state index is 0.316. The highest BCUT2D eigenvalue weighted by atomic mass is 32.2. The van der Waals surface area contributed by atoms with E-state index in [1.807, 2.05) is 0 Å². The first-order valence-corrected chi connectivity index (χ1v) is 7.46. The maximum atomic E-state index is 12.0. The Kier molecular flexibility index (Phi) is 4.35. The van der Waals surface area contributed by atoms with Crippen LogP contribution in [0.1, 0.15) is 20.3 Å². The highest BCUT2D eigenvalue weighted by molar-refractivity contribution is 7.91. The molecular formula is C10H18N2O2S2. The molecule has 92 valence electrons. The van der Waals surface area contributed by atoms with Gasteiger partial charge in [0, 0.05) is 24.7 Å². The molecular weight excluding hydrogens is 244 g/mol. The van der Waals surface area contributed by atoms with Gasteiger partial charge in [-0.25, -0.2) is 12.7 Å². The van der Waals surface area contributed by atoms with Gasteiger partial charge in [-0.05, 0) is 18.4 Å². The molecule has 0 fully saturated rings. The van der Waals surface area contributed by atoms with E-state index in [1.54, 1.807) is 12.4 Å². The lowest BCUT2D eigenvalue weighted by Gasteiger charge is -2.16. The van der Waals surface area contributed by atoms with Gasteiger partial charge in [0.1, 0.15) is 4.21 Å². The molecule has 0 aliphatic carbocycles. The summed E-state index contributed by atoms with van der Waals surface area (Å²) < 4.78 is 25.8. The summed E-state index contributed by atoms with van der Waals surface area (Å²) in [4.78, 5) is 0. The molecule has 0 aromatic carbocycles. The average molecular weight is 262 g/mol. The lowest BCUT2D eigenvalue weighted by atomic mass is 10.1. The number of hydrogen-bond donors (Lipinski definition) is 1. The van der Waals surface area contributed by atoms with Crippen LogP contribution in [0.3, 0.4) is 0 Å². The fraction of sp³-hybridized carbons (Fsp3) is 0.600. The smallest absolute Gasteiger partial charge is 0.252 e. The SMILES string of the molecule is CC(C)CCN(C)S(=O)(=O)c1cc(N)cs1. The molecule has 6 heteroatoms. The molecule has 0 unspecified atom stereocenters. The number of anilines is 1. The average Bonchev–Trinajstić information content (AvgIpc) is 2.61. The van der Waals surface area contributed by atoms with Crippen LogP contribution in [0.15, 0.2) is 15.7 Å². The zero-order chi connectivity index (χ0) is 12.3. The fourth-order valence-electron chi connectivity index (χ4n) is 1.18. The predicted octanol–water partition coefficient (Wildman–Crippen LogP) is 2.00. The summed E-state index contributed by atoms with van der Waals surface area (Å²) in [5.41, 5.74) is 6.03.